The van der Waals surface area contributed by atoms with Crippen molar-refractivity contribution < 1.29 is 4.74 Å². The Morgan fingerprint density at radius 2 is 2.23 bits per heavy atom. The number of aromatic nitrogens is 2. The van der Waals surface area contributed by atoms with Gasteiger partial charge in [-0.2, -0.15) is 0 Å². The zero-order chi connectivity index (χ0) is 15.7. The summed E-state index contributed by atoms with van der Waals surface area (Å²) < 4.78 is 5.96. The number of thioether (sulfide) groups is 1. The Morgan fingerprint density at radius 3 is 2.95 bits per heavy atom. The third kappa shape index (κ3) is 3.09. The molecule has 1 aliphatic heterocycles. The van der Waals surface area contributed by atoms with Crippen LogP contribution in [0.25, 0.3) is 10.2 Å². The van der Waals surface area contributed by atoms with E-state index in [0.29, 0.717) is 18.3 Å². The van der Waals surface area contributed by atoms with Crippen LogP contribution in [0.1, 0.15) is 44.1 Å². The number of anilines is 1. The highest BCUT2D eigenvalue weighted by Crippen LogP contribution is 2.39. The van der Waals surface area contributed by atoms with Crippen LogP contribution in [-0.4, -0.2) is 21.8 Å². The number of ether oxygens (including phenoxy) is 1. The third-order valence-electron chi connectivity index (χ3n) is 4.05. The first-order valence-corrected chi connectivity index (χ1v) is 9.72. The van der Waals surface area contributed by atoms with Crippen molar-refractivity contribution in [2.24, 2.45) is 5.92 Å². The molecule has 0 amide bonds. The molecule has 6 heteroatoms. The molecule has 2 aromatic heterocycles. The number of nitrogens with two attached hydrogens (primary N) is 1. The second-order valence-corrected chi connectivity index (χ2v) is 8.22. The van der Waals surface area contributed by atoms with Crippen molar-refractivity contribution in [2.75, 3.05) is 11.5 Å². The zero-order valence-electron chi connectivity index (χ0n) is 13.4. The van der Waals surface area contributed by atoms with Gasteiger partial charge in [-0.05, 0) is 17.9 Å². The Bertz CT molecular complexity index is 669. The smallest absolute Gasteiger partial charge is 0.190 e. The second kappa shape index (κ2) is 6.72. The summed E-state index contributed by atoms with van der Waals surface area (Å²) in [4.78, 5) is 11.5. The molecule has 1 atom stereocenters. The fraction of sp³-hybridized carbons (Fsp3) is 0.625. The lowest BCUT2D eigenvalue weighted by atomic mass is 9.96. The van der Waals surface area contributed by atoms with E-state index in [-0.39, 0.29) is 6.10 Å². The summed E-state index contributed by atoms with van der Waals surface area (Å²) in [7, 11) is 0. The molecule has 3 rings (SSSR count). The number of rotatable bonds is 5. The standard InChI is InChI=1S/C16H23N3OS2/c1-4-5-6-21-16-18-14(17)13-10-7-11(9(2)3)20-8-12(10)22-15(13)19-16/h9,11H,4-8H2,1-3H3,(H2,17,18,19). The van der Waals surface area contributed by atoms with Crippen molar-refractivity contribution in [3.05, 3.63) is 10.4 Å². The first kappa shape index (κ1) is 16.0. The summed E-state index contributed by atoms with van der Waals surface area (Å²) in [5.74, 6) is 2.19. The van der Waals surface area contributed by atoms with Crippen molar-refractivity contribution in [2.45, 2.75) is 57.9 Å². The summed E-state index contributed by atoms with van der Waals surface area (Å²) in [5, 5.41) is 1.87. The number of fused-ring (bicyclic) bond motifs is 3. The summed E-state index contributed by atoms with van der Waals surface area (Å²) in [6, 6.07) is 0. The minimum absolute atomic E-state index is 0.267. The Labute approximate surface area is 139 Å². The number of nitrogens with zero attached hydrogens (tertiary/aromatic N) is 2. The van der Waals surface area contributed by atoms with E-state index in [0.717, 1.165) is 27.5 Å². The first-order valence-electron chi connectivity index (χ1n) is 7.92. The molecule has 22 heavy (non-hydrogen) atoms. The second-order valence-electron chi connectivity index (χ2n) is 6.07. The lowest BCUT2D eigenvalue weighted by Gasteiger charge is -2.26. The molecule has 120 valence electrons. The molecule has 2 aromatic rings. The molecule has 0 aliphatic carbocycles. The van der Waals surface area contributed by atoms with Gasteiger partial charge >= 0.3 is 0 Å². The number of thiophene rings is 1. The van der Waals surface area contributed by atoms with Crippen molar-refractivity contribution in [1.29, 1.82) is 0 Å². The lowest BCUT2D eigenvalue weighted by Crippen LogP contribution is -2.26. The van der Waals surface area contributed by atoms with Crippen molar-refractivity contribution in [3.63, 3.8) is 0 Å². The summed E-state index contributed by atoms with van der Waals surface area (Å²) >= 11 is 3.41. The highest BCUT2D eigenvalue weighted by molar-refractivity contribution is 7.99. The summed E-state index contributed by atoms with van der Waals surface area (Å²) in [6.07, 6.45) is 3.55. The van der Waals surface area contributed by atoms with Gasteiger partial charge in [0.1, 0.15) is 10.6 Å². The molecule has 3 heterocycles. The predicted molar refractivity (Wildman–Crippen MR) is 94.6 cm³/mol. The Kier molecular flexibility index (Phi) is 4.90. The molecule has 1 aliphatic rings. The maximum absolute atomic E-state index is 6.25. The van der Waals surface area contributed by atoms with Crippen LogP contribution in [0.15, 0.2) is 5.16 Å². The molecule has 0 spiro atoms. The molecule has 0 aromatic carbocycles. The van der Waals surface area contributed by atoms with Gasteiger partial charge in [0.25, 0.3) is 0 Å². The minimum Gasteiger partial charge on any atom is -0.383 e. The van der Waals surface area contributed by atoms with Crippen LogP contribution in [-0.2, 0) is 17.8 Å². The van der Waals surface area contributed by atoms with E-state index in [1.54, 1.807) is 23.1 Å². The highest BCUT2D eigenvalue weighted by Gasteiger charge is 2.27. The molecule has 0 saturated heterocycles. The van der Waals surface area contributed by atoms with Gasteiger partial charge in [-0.3, -0.25) is 0 Å². The molecule has 0 saturated carbocycles. The fourth-order valence-electron chi connectivity index (χ4n) is 2.69. The Balaban J connectivity index is 1.93. The van der Waals surface area contributed by atoms with Crippen molar-refractivity contribution in [1.82, 2.24) is 9.97 Å². The van der Waals surface area contributed by atoms with E-state index < -0.39 is 0 Å². The monoisotopic (exact) mass is 337 g/mol. The zero-order valence-corrected chi connectivity index (χ0v) is 15.0. The SMILES string of the molecule is CCCCSc1nc(N)c2c3c(sc2n1)COC(C(C)C)C3. The van der Waals surface area contributed by atoms with Crippen LogP contribution in [0.5, 0.6) is 0 Å². The lowest BCUT2D eigenvalue weighted by molar-refractivity contribution is 0.00203. The van der Waals surface area contributed by atoms with Crippen LogP contribution in [0.2, 0.25) is 0 Å². The largest absolute Gasteiger partial charge is 0.383 e. The van der Waals surface area contributed by atoms with E-state index in [1.807, 2.05) is 0 Å². The van der Waals surface area contributed by atoms with Crippen LogP contribution in [0.3, 0.4) is 0 Å². The fourth-order valence-corrected chi connectivity index (χ4v) is 4.81. The molecular formula is C16H23N3OS2. The van der Waals surface area contributed by atoms with Gasteiger partial charge in [0.05, 0.1) is 18.1 Å². The molecule has 2 N–H and O–H groups in total. The van der Waals surface area contributed by atoms with Gasteiger partial charge in [0.15, 0.2) is 5.16 Å². The van der Waals surface area contributed by atoms with Crippen LogP contribution >= 0.6 is 23.1 Å². The maximum Gasteiger partial charge on any atom is 0.190 e. The van der Waals surface area contributed by atoms with E-state index >= 15 is 0 Å². The van der Waals surface area contributed by atoms with E-state index in [2.05, 4.69) is 25.8 Å². The van der Waals surface area contributed by atoms with Gasteiger partial charge in [0, 0.05) is 17.1 Å². The number of hydrogen-bond donors (Lipinski definition) is 1. The van der Waals surface area contributed by atoms with Gasteiger partial charge in [-0.25, -0.2) is 9.97 Å². The summed E-state index contributed by atoms with van der Waals surface area (Å²) in [5.41, 5.74) is 7.57. The number of hydrogen-bond acceptors (Lipinski definition) is 6. The van der Waals surface area contributed by atoms with Gasteiger partial charge in [0.2, 0.25) is 0 Å². The molecule has 0 radical (unpaired) electrons. The molecule has 1 unspecified atom stereocenters. The third-order valence-corrected chi connectivity index (χ3v) is 6.08. The normalized spacial score (nSPS) is 18.1. The average Bonchev–Trinajstić information content (AvgIpc) is 2.85. The predicted octanol–water partition coefficient (Wildman–Crippen LogP) is 4.26. The van der Waals surface area contributed by atoms with Gasteiger partial charge in [-0.15, -0.1) is 11.3 Å². The van der Waals surface area contributed by atoms with Crippen LogP contribution < -0.4 is 5.73 Å². The van der Waals surface area contributed by atoms with E-state index in [9.17, 15) is 0 Å². The quantitative estimate of drug-likeness (QED) is 0.502. The highest BCUT2D eigenvalue weighted by atomic mass is 32.2. The molecule has 0 bridgehead atoms. The Morgan fingerprint density at radius 1 is 1.41 bits per heavy atom. The van der Waals surface area contributed by atoms with Crippen LogP contribution in [0.4, 0.5) is 5.82 Å². The van der Waals surface area contributed by atoms with Gasteiger partial charge in [-0.1, -0.05) is 39.0 Å². The van der Waals surface area contributed by atoms with Crippen LogP contribution in [0, 0.1) is 5.92 Å². The van der Waals surface area contributed by atoms with E-state index in [1.165, 1.54) is 23.3 Å². The topological polar surface area (TPSA) is 61.0 Å². The minimum atomic E-state index is 0.267. The first-order chi connectivity index (χ1) is 10.6. The van der Waals surface area contributed by atoms with Crippen molar-refractivity contribution >= 4 is 39.1 Å². The number of nitrogen functional groups attached to an aromatic ring is 1. The van der Waals surface area contributed by atoms with E-state index in [4.69, 9.17) is 15.5 Å². The molecular weight excluding hydrogens is 314 g/mol. The van der Waals surface area contributed by atoms with Gasteiger partial charge < -0.3 is 10.5 Å². The van der Waals surface area contributed by atoms with Crippen molar-refractivity contribution in [3.8, 4) is 0 Å². The summed E-state index contributed by atoms with van der Waals surface area (Å²) in [6.45, 7) is 7.27. The maximum atomic E-state index is 6.25. The molecule has 4 nitrogen and oxygen atoms in total. The average molecular weight is 338 g/mol. The number of unbranched alkanes of at least 4 members (excludes halogenated alkanes) is 1. The molecule has 0 fully saturated rings. The Hall–Kier alpha value is -0.850.